The number of amides is 2. The van der Waals surface area contributed by atoms with Gasteiger partial charge in [0.15, 0.2) is 0 Å². The summed E-state index contributed by atoms with van der Waals surface area (Å²) < 4.78 is 6.90. The van der Waals surface area contributed by atoms with E-state index in [4.69, 9.17) is 4.74 Å². The van der Waals surface area contributed by atoms with Crippen LogP contribution in [0, 0.1) is 13.8 Å². The number of hydrogen-bond acceptors (Lipinski definition) is 4. The van der Waals surface area contributed by atoms with Crippen LogP contribution in [0.15, 0.2) is 24.3 Å². The molecule has 0 unspecified atom stereocenters. The molecule has 0 aliphatic heterocycles. The molecular formula is C20H28N4O3. The number of urea groups is 1. The Morgan fingerprint density at radius 1 is 1.15 bits per heavy atom. The number of carbonyl (C=O) groups is 2. The number of carbonyl (C=O) groups excluding carboxylic acids is 2. The van der Waals surface area contributed by atoms with Crippen molar-refractivity contribution in [1.82, 2.24) is 15.1 Å². The van der Waals surface area contributed by atoms with Crippen molar-refractivity contribution in [2.24, 2.45) is 0 Å². The number of aryl methyl sites for hydroxylation is 2. The standard InChI is InChI=1S/C20H28N4O3/c1-5-24-15(4)18(14(3)23-24)11-12-21-20(26)22-17-9-7-16(8-10-17)13-19(25)27-6-2/h7-10H,5-6,11-13H2,1-4H3,(H2,21,22,26). The highest BCUT2D eigenvalue weighted by Gasteiger charge is 2.11. The van der Waals surface area contributed by atoms with Gasteiger partial charge >= 0.3 is 12.0 Å². The van der Waals surface area contributed by atoms with Crippen molar-refractivity contribution in [3.8, 4) is 0 Å². The highest BCUT2D eigenvalue weighted by molar-refractivity contribution is 5.89. The van der Waals surface area contributed by atoms with Crippen LogP contribution in [0.5, 0.6) is 0 Å². The fourth-order valence-corrected chi connectivity index (χ4v) is 2.96. The molecule has 0 spiro atoms. The van der Waals surface area contributed by atoms with Crippen LogP contribution in [0.1, 0.15) is 36.4 Å². The van der Waals surface area contributed by atoms with E-state index in [0.29, 0.717) is 18.8 Å². The highest BCUT2D eigenvalue weighted by atomic mass is 16.5. The number of rotatable bonds is 8. The number of nitrogens with zero attached hydrogens (tertiary/aromatic N) is 2. The molecule has 2 N–H and O–H groups in total. The maximum Gasteiger partial charge on any atom is 0.319 e. The Hall–Kier alpha value is -2.83. The van der Waals surface area contributed by atoms with Gasteiger partial charge in [0.2, 0.25) is 0 Å². The van der Waals surface area contributed by atoms with Gasteiger partial charge in [-0.1, -0.05) is 12.1 Å². The maximum absolute atomic E-state index is 12.1. The van der Waals surface area contributed by atoms with Crippen LogP contribution in [-0.4, -0.2) is 34.9 Å². The Bertz CT molecular complexity index is 781. The first-order chi connectivity index (χ1) is 12.9. The number of hydrogen-bond donors (Lipinski definition) is 2. The van der Waals surface area contributed by atoms with Crippen molar-refractivity contribution in [1.29, 1.82) is 0 Å². The second-order valence-corrected chi connectivity index (χ2v) is 6.27. The largest absolute Gasteiger partial charge is 0.466 e. The van der Waals surface area contributed by atoms with Crippen LogP contribution in [-0.2, 0) is 28.9 Å². The summed E-state index contributed by atoms with van der Waals surface area (Å²) in [5.74, 6) is -0.257. The van der Waals surface area contributed by atoms with Gasteiger partial charge in [-0.3, -0.25) is 9.48 Å². The molecule has 7 nitrogen and oxygen atoms in total. The summed E-state index contributed by atoms with van der Waals surface area (Å²) in [6.45, 7) is 9.63. The smallest absolute Gasteiger partial charge is 0.319 e. The number of aromatic nitrogens is 2. The van der Waals surface area contributed by atoms with Gasteiger partial charge in [0, 0.05) is 24.5 Å². The molecular weight excluding hydrogens is 344 g/mol. The zero-order valence-electron chi connectivity index (χ0n) is 16.5. The average Bonchev–Trinajstić information content (AvgIpc) is 2.91. The predicted octanol–water partition coefficient (Wildman–Crippen LogP) is 2.99. The minimum atomic E-state index is -0.258. The molecule has 0 aliphatic rings. The molecule has 2 aromatic rings. The SMILES string of the molecule is CCOC(=O)Cc1ccc(NC(=O)NCCc2c(C)nn(CC)c2C)cc1. The summed E-state index contributed by atoms with van der Waals surface area (Å²) in [5.41, 5.74) is 4.85. The van der Waals surface area contributed by atoms with Crippen LogP contribution >= 0.6 is 0 Å². The lowest BCUT2D eigenvalue weighted by molar-refractivity contribution is -0.142. The summed E-state index contributed by atoms with van der Waals surface area (Å²) in [5, 5.41) is 10.1. The minimum Gasteiger partial charge on any atom is -0.466 e. The van der Waals surface area contributed by atoms with Gasteiger partial charge < -0.3 is 15.4 Å². The normalized spacial score (nSPS) is 10.5. The van der Waals surface area contributed by atoms with E-state index >= 15 is 0 Å². The van der Waals surface area contributed by atoms with Gasteiger partial charge in [0.05, 0.1) is 18.7 Å². The van der Waals surface area contributed by atoms with Gasteiger partial charge in [-0.15, -0.1) is 0 Å². The van der Waals surface area contributed by atoms with E-state index in [9.17, 15) is 9.59 Å². The Labute approximate surface area is 160 Å². The summed E-state index contributed by atoms with van der Waals surface area (Å²) in [4.78, 5) is 23.5. The molecule has 146 valence electrons. The summed E-state index contributed by atoms with van der Waals surface area (Å²) in [6.07, 6.45) is 0.966. The fourth-order valence-electron chi connectivity index (χ4n) is 2.96. The maximum atomic E-state index is 12.1. The Morgan fingerprint density at radius 3 is 2.44 bits per heavy atom. The average molecular weight is 372 g/mol. The van der Waals surface area contributed by atoms with E-state index in [1.165, 1.54) is 5.56 Å². The third-order valence-electron chi connectivity index (χ3n) is 4.36. The first-order valence-electron chi connectivity index (χ1n) is 9.26. The molecule has 1 aromatic carbocycles. The van der Waals surface area contributed by atoms with E-state index in [2.05, 4.69) is 29.6 Å². The Balaban J connectivity index is 1.80. The summed E-state index contributed by atoms with van der Waals surface area (Å²) in [7, 11) is 0. The van der Waals surface area contributed by atoms with Crippen molar-refractivity contribution >= 4 is 17.7 Å². The third-order valence-corrected chi connectivity index (χ3v) is 4.36. The van der Waals surface area contributed by atoms with E-state index in [1.807, 2.05) is 11.6 Å². The van der Waals surface area contributed by atoms with E-state index in [1.54, 1.807) is 31.2 Å². The molecule has 1 aromatic heterocycles. The predicted molar refractivity (Wildman–Crippen MR) is 105 cm³/mol. The molecule has 0 bridgehead atoms. The third kappa shape index (κ3) is 5.84. The lowest BCUT2D eigenvalue weighted by Gasteiger charge is -2.09. The molecule has 2 amide bonds. The molecule has 2 rings (SSSR count). The van der Waals surface area contributed by atoms with Crippen LogP contribution in [0.2, 0.25) is 0 Å². The van der Waals surface area contributed by atoms with Crippen molar-refractivity contribution in [3.63, 3.8) is 0 Å². The molecule has 27 heavy (non-hydrogen) atoms. The molecule has 1 heterocycles. The fraction of sp³-hybridized carbons (Fsp3) is 0.450. The summed E-state index contributed by atoms with van der Waals surface area (Å²) >= 11 is 0. The zero-order chi connectivity index (χ0) is 19.8. The van der Waals surface area contributed by atoms with Crippen LogP contribution in [0.4, 0.5) is 10.5 Å². The van der Waals surface area contributed by atoms with E-state index < -0.39 is 0 Å². The van der Waals surface area contributed by atoms with Crippen molar-refractivity contribution in [2.45, 2.75) is 47.1 Å². The van der Waals surface area contributed by atoms with Gasteiger partial charge in [-0.25, -0.2) is 4.79 Å². The molecule has 0 saturated carbocycles. The minimum absolute atomic E-state index is 0.227. The number of nitrogens with one attached hydrogen (secondary N) is 2. The van der Waals surface area contributed by atoms with Crippen molar-refractivity contribution in [3.05, 3.63) is 46.8 Å². The van der Waals surface area contributed by atoms with Gasteiger partial charge in [0.1, 0.15) is 0 Å². The topological polar surface area (TPSA) is 85.2 Å². The van der Waals surface area contributed by atoms with Gasteiger partial charge in [-0.2, -0.15) is 5.10 Å². The lowest BCUT2D eigenvalue weighted by atomic mass is 10.1. The summed E-state index contributed by atoms with van der Waals surface area (Å²) in [6, 6.07) is 6.89. The molecule has 7 heteroatoms. The van der Waals surface area contributed by atoms with Crippen LogP contribution < -0.4 is 10.6 Å². The van der Waals surface area contributed by atoms with Crippen LogP contribution in [0.25, 0.3) is 0 Å². The van der Waals surface area contributed by atoms with E-state index in [0.717, 1.165) is 29.9 Å². The number of benzene rings is 1. The Kier molecular flexibility index (Phi) is 7.40. The monoisotopic (exact) mass is 372 g/mol. The van der Waals surface area contributed by atoms with E-state index in [-0.39, 0.29) is 18.4 Å². The second kappa shape index (κ2) is 9.75. The Morgan fingerprint density at radius 2 is 1.85 bits per heavy atom. The first-order valence-corrected chi connectivity index (χ1v) is 9.26. The van der Waals surface area contributed by atoms with Crippen molar-refractivity contribution in [2.75, 3.05) is 18.5 Å². The van der Waals surface area contributed by atoms with Crippen LogP contribution in [0.3, 0.4) is 0 Å². The van der Waals surface area contributed by atoms with Crippen molar-refractivity contribution < 1.29 is 14.3 Å². The molecule has 0 saturated heterocycles. The zero-order valence-corrected chi connectivity index (χ0v) is 16.5. The molecule has 0 atom stereocenters. The highest BCUT2D eigenvalue weighted by Crippen LogP contribution is 2.13. The second-order valence-electron chi connectivity index (χ2n) is 6.27. The van der Waals surface area contributed by atoms with Gasteiger partial charge in [-0.05, 0) is 57.4 Å². The lowest BCUT2D eigenvalue weighted by Crippen LogP contribution is -2.30. The number of ether oxygens (including phenoxy) is 1. The number of esters is 1. The number of anilines is 1. The molecule has 0 aliphatic carbocycles. The first kappa shape index (κ1) is 20.5. The molecule has 0 fully saturated rings. The quantitative estimate of drug-likeness (QED) is 0.698. The molecule has 0 radical (unpaired) electrons. The van der Waals surface area contributed by atoms with Gasteiger partial charge in [0.25, 0.3) is 0 Å².